The van der Waals surface area contributed by atoms with E-state index in [2.05, 4.69) is 27.7 Å². The van der Waals surface area contributed by atoms with Crippen LogP contribution >= 0.6 is 0 Å². The van der Waals surface area contributed by atoms with Gasteiger partial charge >= 0.3 is 6.03 Å². The van der Waals surface area contributed by atoms with Crippen LogP contribution in [0.3, 0.4) is 0 Å². The van der Waals surface area contributed by atoms with Crippen LogP contribution in [0, 0.1) is 12.3 Å². The van der Waals surface area contributed by atoms with Gasteiger partial charge in [-0.2, -0.15) is 0 Å². The zero-order valence-corrected chi connectivity index (χ0v) is 26.6. The number of sulfone groups is 1. The Morgan fingerprint density at radius 1 is 0.953 bits per heavy atom. The molecule has 3 saturated heterocycles. The van der Waals surface area contributed by atoms with E-state index in [1.54, 1.807) is 32.0 Å². The van der Waals surface area contributed by atoms with Gasteiger partial charge in [-0.25, -0.2) is 13.2 Å². The number of hydrogen-bond acceptors (Lipinski definition) is 5. The highest BCUT2D eigenvalue weighted by atomic mass is 35.5. The topological polar surface area (TPSA) is 98.7 Å². The number of aryl methyl sites for hydroxylation is 1. The van der Waals surface area contributed by atoms with Crippen molar-refractivity contribution in [2.24, 2.45) is 5.41 Å². The molecule has 0 radical (unpaired) electrons. The van der Waals surface area contributed by atoms with Crippen molar-refractivity contribution in [1.29, 1.82) is 0 Å². The molecule has 230 valence electrons. The molecule has 0 saturated carbocycles. The summed E-state index contributed by atoms with van der Waals surface area (Å²) < 4.78 is 27.8. The van der Waals surface area contributed by atoms with E-state index < -0.39 is 27.3 Å². The summed E-state index contributed by atoms with van der Waals surface area (Å²) in [5.74, 6) is -0.719. The molecule has 0 spiro atoms. The van der Waals surface area contributed by atoms with Crippen LogP contribution in [0.1, 0.15) is 42.0 Å². The quantitative estimate of drug-likeness (QED) is 0.375. The molecule has 3 N–H and O–H groups in total. The van der Waals surface area contributed by atoms with Crippen LogP contribution in [-0.4, -0.2) is 80.1 Å². The zero-order chi connectivity index (χ0) is 29.7. The number of rotatable bonds is 5. The van der Waals surface area contributed by atoms with Gasteiger partial charge in [-0.3, -0.25) is 4.90 Å². The third-order valence-corrected chi connectivity index (χ3v) is 11.6. The first-order valence-corrected chi connectivity index (χ1v) is 16.4. The fraction of sp³-hybridized carbons (Fsp3) is 0.424. The van der Waals surface area contributed by atoms with E-state index in [0.717, 1.165) is 47.5 Å². The lowest BCUT2D eigenvalue weighted by Gasteiger charge is -2.50. The van der Waals surface area contributed by atoms with E-state index in [1.165, 1.54) is 25.2 Å². The number of hydrogen-bond donors (Lipinski definition) is 3. The number of piperazine rings is 3. The summed E-state index contributed by atoms with van der Waals surface area (Å²) in [4.78, 5) is 15.9. The maximum atomic E-state index is 13.3. The van der Waals surface area contributed by atoms with Crippen molar-refractivity contribution in [2.75, 3.05) is 55.7 Å². The summed E-state index contributed by atoms with van der Waals surface area (Å²) in [6.07, 6.45) is -0.948. The van der Waals surface area contributed by atoms with Crippen LogP contribution in [0.15, 0.2) is 71.6 Å². The number of quaternary nitrogens is 1. The summed E-state index contributed by atoms with van der Waals surface area (Å²) in [7, 11) is -3.60. The molecule has 4 heterocycles. The van der Waals surface area contributed by atoms with Gasteiger partial charge in [0.15, 0.2) is 9.84 Å². The second-order valence-electron chi connectivity index (χ2n) is 13.1. The maximum Gasteiger partial charge on any atom is 0.323 e. The van der Waals surface area contributed by atoms with Crippen LogP contribution < -0.4 is 23.0 Å². The normalized spacial score (nSPS) is 26.8. The van der Waals surface area contributed by atoms with E-state index in [-0.39, 0.29) is 29.1 Å². The molecule has 2 amide bonds. The highest BCUT2D eigenvalue weighted by molar-refractivity contribution is 7.91. The molecule has 3 aromatic rings. The summed E-state index contributed by atoms with van der Waals surface area (Å²) in [6, 6.07) is 20.4. The number of benzene rings is 3. The van der Waals surface area contributed by atoms with E-state index in [4.69, 9.17) is 0 Å². The van der Waals surface area contributed by atoms with Crippen LogP contribution in [0.4, 0.5) is 16.2 Å². The predicted molar refractivity (Wildman–Crippen MR) is 165 cm³/mol. The minimum atomic E-state index is -3.60. The number of urea groups is 1. The molecule has 10 heteroatoms. The minimum absolute atomic E-state index is 0. The smallest absolute Gasteiger partial charge is 0.323 e. The van der Waals surface area contributed by atoms with E-state index >= 15 is 0 Å². The highest BCUT2D eigenvalue weighted by Gasteiger charge is 2.45. The highest BCUT2D eigenvalue weighted by Crippen LogP contribution is 2.45. The Bertz CT molecular complexity index is 1600. The van der Waals surface area contributed by atoms with Crippen LogP contribution in [-0.2, 0) is 16.4 Å². The molecule has 43 heavy (non-hydrogen) atoms. The average Bonchev–Trinajstić information content (AvgIpc) is 2.99. The Kier molecular flexibility index (Phi) is 8.68. The van der Waals surface area contributed by atoms with Gasteiger partial charge in [0.2, 0.25) is 0 Å². The van der Waals surface area contributed by atoms with Crippen molar-refractivity contribution in [1.82, 2.24) is 4.90 Å². The number of fused-ring (bicyclic) bond motifs is 4. The number of nitrogens with one attached hydrogen (secondary N) is 2. The summed E-state index contributed by atoms with van der Waals surface area (Å²) in [5.41, 5.74) is 3.91. The molecule has 2 atom stereocenters. The van der Waals surface area contributed by atoms with Gasteiger partial charge in [-0.1, -0.05) is 55.8 Å². The molecule has 0 aliphatic carbocycles. The molecule has 0 unspecified atom stereocenters. The zero-order valence-electron chi connectivity index (χ0n) is 25.0. The van der Waals surface area contributed by atoms with Gasteiger partial charge in [0.05, 0.1) is 36.4 Å². The van der Waals surface area contributed by atoms with Crippen molar-refractivity contribution in [3.63, 3.8) is 0 Å². The second kappa shape index (κ2) is 11.9. The number of aliphatic hydroxyl groups excluding tert-OH is 1. The molecule has 4 aliphatic heterocycles. The molecule has 3 aromatic carbocycles. The maximum absolute atomic E-state index is 13.3. The third-order valence-electron chi connectivity index (χ3n) is 9.39. The van der Waals surface area contributed by atoms with Gasteiger partial charge in [0.1, 0.15) is 6.54 Å². The Balaban J connectivity index is 0.00000368. The second-order valence-corrected chi connectivity index (χ2v) is 15.1. The lowest BCUT2D eigenvalue weighted by Crippen LogP contribution is -3.00. The first-order valence-electron chi connectivity index (χ1n) is 14.8. The van der Waals surface area contributed by atoms with Crippen molar-refractivity contribution in [3.8, 4) is 0 Å². The van der Waals surface area contributed by atoms with Gasteiger partial charge < -0.3 is 32.6 Å². The van der Waals surface area contributed by atoms with E-state index in [1.807, 2.05) is 43.3 Å². The SMILES string of the molecule is Cc1ccc2c(c1)[C@@H](c1cccc(NC(=O)Nc3cccc(C[N+]45CCN(CC4)CC5)c3)c1)[C@@H](O)C(C)(C)CS2(=O)=O.[Cl-]. The molecule has 8 nitrogen and oxygen atoms in total. The van der Waals surface area contributed by atoms with Gasteiger partial charge in [-0.15, -0.1) is 0 Å². The standard InChI is InChI=1S/C33H40N4O4S.ClH/c1-23-10-11-29-28(18-23)30(31(38)33(2,3)22-42(29,40)41)25-7-5-9-27(20-25)35-32(39)34-26-8-4-6-24(19-26)21-37-15-12-36(13-16-37)14-17-37;/h4-11,18-20,30-31,38H,12-17,21-22H2,1-3H3,(H-,34,35,39);1H/t30-,31-;/m1./s1. The van der Waals surface area contributed by atoms with Crippen LogP contribution in [0.2, 0.25) is 0 Å². The average molecular weight is 625 g/mol. The van der Waals surface area contributed by atoms with Crippen LogP contribution in [0.5, 0.6) is 0 Å². The monoisotopic (exact) mass is 624 g/mol. The third kappa shape index (κ3) is 6.47. The van der Waals surface area contributed by atoms with E-state index in [9.17, 15) is 18.3 Å². The number of anilines is 2. The number of carbonyl (C=O) groups is 1. The molecule has 0 aromatic heterocycles. The molecule has 7 rings (SSSR count). The van der Waals surface area contributed by atoms with Gasteiger partial charge in [0, 0.05) is 47.9 Å². The number of nitrogens with zero attached hydrogens (tertiary/aromatic N) is 2. The first kappa shape index (κ1) is 31.5. The Morgan fingerprint density at radius 2 is 1.58 bits per heavy atom. The van der Waals surface area contributed by atoms with Crippen molar-refractivity contribution in [2.45, 2.75) is 44.2 Å². The van der Waals surface area contributed by atoms with Gasteiger partial charge in [-0.05, 0) is 48.4 Å². The molecule has 4 aliphatic rings. The minimum Gasteiger partial charge on any atom is -1.00 e. The largest absolute Gasteiger partial charge is 1.00 e. The fourth-order valence-corrected chi connectivity index (χ4v) is 9.16. The predicted octanol–water partition coefficient (Wildman–Crippen LogP) is 1.60. The lowest BCUT2D eigenvalue weighted by atomic mass is 9.75. The molecule has 2 bridgehead atoms. The van der Waals surface area contributed by atoms with Crippen LogP contribution in [0.25, 0.3) is 0 Å². The summed E-state index contributed by atoms with van der Waals surface area (Å²) >= 11 is 0. The van der Waals surface area contributed by atoms with E-state index in [0.29, 0.717) is 11.3 Å². The van der Waals surface area contributed by atoms with Crippen molar-refractivity contribution < 1.29 is 35.2 Å². The Labute approximate surface area is 261 Å². The van der Waals surface area contributed by atoms with Crippen molar-refractivity contribution >= 4 is 27.2 Å². The molecule has 3 fully saturated rings. The number of aliphatic hydroxyl groups is 1. The molecular weight excluding hydrogens is 584 g/mol. The number of amides is 2. The van der Waals surface area contributed by atoms with Gasteiger partial charge in [0.25, 0.3) is 0 Å². The number of carbonyl (C=O) groups excluding carboxylic acids is 1. The van der Waals surface area contributed by atoms with Crippen molar-refractivity contribution in [3.05, 3.63) is 89.0 Å². The lowest BCUT2D eigenvalue weighted by molar-refractivity contribution is -0.953. The summed E-state index contributed by atoms with van der Waals surface area (Å²) in [5, 5.41) is 17.5. The molecular formula is C33H41ClN4O4S. The fourth-order valence-electron chi connectivity index (χ4n) is 7.04. The Hall–Kier alpha value is -2.95. The number of halogens is 1. The Morgan fingerprint density at radius 3 is 2.26 bits per heavy atom. The first-order chi connectivity index (χ1) is 19.9. The summed E-state index contributed by atoms with van der Waals surface area (Å²) in [6.45, 7) is 13.5.